The number of pyridine rings is 1. The highest BCUT2D eigenvalue weighted by Gasteiger charge is 2.23. The number of benzene rings is 2. The fourth-order valence-electron chi connectivity index (χ4n) is 4.60. The molecule has 3 aromatic heterocycles. The lowest BCUT2D eigenvalue weighted by Crippen LogP contribution is -2.40. The molecule has 0 unspecified atom stereocenters. The van der Waals surface area contributed by atoms with Crippen molar-refractivity contribution in [3.8, 4) is 17.3 Å². The maximum atomic E-state index is 13.1. The third-order valence-corrected chi connectivity index (χ3v) is 8.43. The van der Waals surface area contributed by atoms with E-state index >= 15 is 0 Å². The van der Waals surface area contributed by atoms with Gasteiger partial charge < -0.3 is 19.9 Å². The van der Waals surface area contributed by atoms with Gasteiger partial charge in [0.25, 0.3) is 5.91 Å². The van der Waals surface area contributed by atoms with E-state index in [4.69, 9.17) is 9.72 Å². The fourth-order valence-corrected chi connectivity index (χ4v) is 5.81. The molecule has 0 radical (unpaired) electrons. The normalized spacial score (nSPS) is 14.8. The number of carbonyl (C=O) groups is 1. The maximum absolute atomic E-state index is 13.1. The van der Waals surface area contributed by atoms with Crippen LogP contribution >= 0.6 is 0 Å². The highest BCUT2D eigenvalue weighted by atomic mass is 32.2. The van der Waals surface area contributed by atoms with Crippen LogP contribution in [0, 0.1) is 0 Å². The Morgan fingerprint density at radius 1 is 1.05 bits per heavy atom. The fraction of sp³-hybridized carbons (Fsp3) is 0.214. The first kappa shape index (κ1) is 25.6. The second-order valence-corrected chi connectivity index (χ2v) is 11.8. The zero-order valence-electron chi connectivity index (χ0n) is 21.7. The van der Waals surface area contributed by atoms with E-state index in [-0.39, 0.29) is 17.4 Å². The molecule has 6 rings (SSSR count). The first-order chi connectivity index (χ1) is 19.4. The quantitative estimate of drug-likeness (QED) is 0.311. The molecule has 2 aromatic carbocycles. The number of para-hydroxylation sites is 2. The van der Waals surface area contributed by atoms with Crippen LogP contribution in [0.15, 0.2) is 72.9 Å². The van der Waals surface area contributed by atoms with Gasteiger partial charge in [-0.2, -0.15) is 5.10 Å². The maximum Gasteiger partial charge on any atom is 0.258 e. The molecule has 1 aliphatic heterocycles. The Kier molecular flexibility index (Phi) is 6.68. The molecule has 0 saturated carbocycles. The largest absolute Gasteiger partial charge is 0.497 e. The van der Waals surface area contributed by atoms with Crippen LogP contribution in [0.4, 0.5) is 11.6 Å². The summed E-state index contributed by atoms with van der Waals surface area (Å²) < 4.78 is 30.5. The zero-order chi connectivity index (χ0) is 27.7. The molecule has 0 bridgehead atoms. The highest BCUT2D eigenvalue weighted by Crippen LogP contribution is 2.25. The standard InChI is InChI=1S/C28H27N7O4S/c1-39-21-9-6-19(7-10-21)18-35-24(27-30-22-4-2-3-5-23(22)31-27)16-25(33-35)32-28(36)20-8-11-26(29-17-20)34-12-14-40(37,38)15-13-34/h2-11,16-17H,12-15,18H2,1H3,(H,30,31)(H,32,33,36). The van der Waals surface area contributed by atoms with Crippen LogP contribution in [0.5, 0.6) is 5.75 Å². The van der Waals surface area contributed by atoms with Crippen molar-refractivity contribution in [1.29, 1.82) is 0 Å². The van der Waals surface area contributed by atoms with E-state index in [0.29, 0.717) is 42.7 Å². The Morgan fingerprint density at radius 2 is 1.82 bits per heavy atom. The number of carbonyl (C=O) groups excluding carboxylic acids is 1. The predicted octanol–water partition coefficient (Wildman–Crippen LogP) is 3.37. The summed E-state index contributed by atoms with van der Waals surface area (Å²) in [4.78, 5) is 27.5. The topological polar surface area (TPSA) is 135 Å². The van der Waals surface area contributed by atoms with E-state index < -0.39 is 9.84 Å². The molecule has 1 aliphatic rings. The van der Waals surface area contributed by atoms with Crippen LogP contribution in [0.1, 0.15) is 15.9 Å². The number of imidazole rings is 1. The molecule has 5 aromatic rings. The van der Waals surface area contributed by atoms with Gasteiger partial charge in [0, 0.05) is 25.4 Å². The number of aromatic nitrogens is 5. The minimum absolute atomic E-state index is 0.101. The Labute approximate surface area is 230 Å². The van der Waals surface area contributed by atoms with Crippen LogP contribution in [0.3, 0.4) is 0 Å². The van der Waals surface area contributed by atoms with Gasteiger partial charge >= 0.3 is 0 Å². The van der Waals surface area contributed by atoms with Gasteiger partial charge in [0.2, 0.25) is 0 Å². The van der Waals surface area contributed by atoms with Gasteiger partial charge in [-0.3, -0.25) is 9.48 Å². The monoisotopic (exact) mass is 557 g/mol. The van der Waals surface area contributed by atoms with E-state index in [1.54, 1.807) is 30.0 Å². The molecule has 12 heteroatoms. The molecule has 4 heterocycles. The number of hydrogen-bond donors (Lipinski definition) is 2. The van der Waals surface area contributed by atoms with E-state index in [1.165, 1.54) is 6.20 Å². The van der Waals surface area contributed by atoms with E-state index in [9.17, 15) is 13.2 Å². The summed E-state index contributed by atoms with van der Waals surface area (Å²) in [7, 11) is -1.36. The number of fused-ring (bicyclic) bond motifs is 1. The second-order valence-electron chi connectivity index (χ2n) is 9.52. The predicted molar refractivity (Wildman–Crippen MR) is 152 cm³/mol. The molecule has 1 saturated heterocycles. The Morgan fingerprint density at radius 3 is 2.52 bits per heavy atom. The number of aromatic amines is 1. The number of sulfone groups is 1. The number of hydrogen-bond acceptors (Lipinski definition) is 8. The summed E-state index contributed by atoms with van der Waals surface area (Å²) in [5.74, 6) is 2.26. The summed E-state index contributed by atoms with van der Waals surface area (Å²) in [5, 5.41) is 7.54. The van der Waals surface area contributed by atoms with Crippen molar-refractivity contribution in [3.63, 3.8) is 0 Å². The molecular weight excluding hydrogens is 530 g/mol. The first-order valence-electron chi connectivity index (χ1n) is 12.8. The number of ether oxygens (including phenoxy) is 1. The molecule has 204 valence electrons. The van der Waals surface area contributed by atoms with Crippen molar-refractivity contribution < 1.29 is 17.9 Å². The molecule has 40 heavy (non-hydrogen) atoms. The summed E-state index contributed by atoms with van der Waals surface area (Å²) >= 11 is 0. The van der Waals surface area contributed by atoms with Crippen LogP contribution in [-0.2, 0) is 16.4 Å². The number of amides is 1. The first-order valence-corrected chi connectivity index (χ1v) is 14.6. The highest BCUT2D eigenvalue weighted by molar-refractivity contribution is 7.91. The number of nitrogens with one attached hydrogen (secondary N) is 2. The van der Waals surface area contributed by atoms with Crippen LogP contribution < -0.4 is 15.0 Å². The molecule has 2 N–H and O–H groups in total. The van der Waals surface area contributed by atoms with Gasteiger partial charge in [-0.15, -0.1) is 0 Å². The zero-order valence-corrected chi connectivity index (χ0v) is 22.6. The van der Waals surface area contributed by atoms with Crippen molar-refractivity contribution in [2.24, 2.45) is 0 Å². The van der Waals surface area contributed by atoms with Crippen LogP contribution in [0.2, 0.25) is 0 Å². The lowest BCUT2D eigenvalue weighted by Gasteiger charge is -2.27. The van der Waals surface area contributed by atoms with Gasteiger partial charge in [0.05, 0.1) is 41.8 Å². The lowest BCUT2D eigenvalue weighted by atomic mass is 10.2. The summed E-state index contributed by atoms with van der Waals surface area (Å²) in [6, 6.07) is 20.7. The second kappa shape index (κ2) is 10.5. The van der Waals surface area contributed by atoms with Crippen molar-refractivity contribution in [2.75, 3.05) is 41.9 Å². The van der Waals surface area contributed by atoms with E-state index in [0.717, 1.165) is 28.0 Å². The van der Waals surface area contributed by atoms with Crippen molar-refractivity contribution in [2.45, 2.75) is 6.54 Å². The minimum Gasteiger partial charge on any atom is -0.497 e. The van der Waals surface area contributed by atoms with Gasteiger partial charge in [-0.05, 0) is 42.0 Å². The number of H-pyrrole nitrogens is 1. The molecule has 1 fully saturated rings. The smallest absolute Gasteiger partial charge is 0.258 e. The number of rotatable bonds is 7. The third kappa shape index (κ3) is 5.38. The van der Waals surface area contributed by atoms with Crippen molar-refractivity contribution in [1.82, 2.24) is 24.7 Å². The molecule has 0 atom stereocenters. The SMILES string of the molecule is COc1ccc(Cn2nc(NC(=O)c3ccc(N4CCS(=O)(=O)CC4)nc3)cc2-c2nc3ccccc3[nH]2)cc1. The summed E-state index contributed by atoms with van der Waals surface area (Å²) in [6.07, 6.45) is 1.49. The Bertz CT molecular complexity index is 1730. The van der Waals surface area contributed by atoms with Gasteiger partial charge in [-0.25, -0.2) is 18.4 Å². The van der Waals surface area contributed by atoms with Crippen molar-refractivity contribution >= 4 is 38.4 Å². The molecule has 0 aliphatic carbocycles. The molecule has 0 spiro atoms. The van der Waals surface area contributed by atoms with E-state index in [1.807, 2.05) is 53.4 Å². The Hall–Kier alpha value is -4.71. The third-order valence-electron chi connectivity index (χ3n) is 6.82. The van der Waals surface area contributed by atoms with Gasteiger partial charge in [-0.1, -0.05) is 24.3 Å². The van der Waals surface area contributed by atoms with Crippen LogP contribution in [0.25, 0.3) is 22.6 Å². The number of methoxy groups -OCH3 is 1. The van der Waals surface area contributed by atoms with Gasteiger partial charge in [0.1, 0.15) is 17.3 Å². The summed E-state index contributed by atoms with van der Waals surface area (Å²) in [5.41, 5.74) is 3.82. The molecular formula is C28H27N7O4S. The minimum atomic E-state index is -2.99. The average Bonchev–Trinajstić information content (AvgIpc) is 3.57. The lowest BCUT2D eigenvalue weighted by molar-refractivity contribution is 0.102. The summed E-state index contributed by atoms with van der Waals surface area (Å²) in [6.45, 7) is 1.22. The van der Waals surface area contributed by atoms with E-state index in [2.05, 4.69) is 20.4 Å². The van der Waals surface area contributed by atoms with Crippen LogP contribution in [-0.4, -0.2) is 70.8 Å². The van der Waals surface area contributed by atoms with Gasteiger partial charge in [0.15, 0.2) is 21.5 Å². The number of nitrogens with zero attached hydrogens (tertiary/aromatic N) is 5. The van der Waals surface area contributed by atoms with Crippen molar-refractivity contribution in [3.05, 3.63) is 84.1 Å². The molecule has 1 amide bonds. The average molecular weight is 558 g/mol. The number of anilines is 2. The molecule has 11 nitrogen and oxygen atoms in total. The Balaban J connectivity index is 1.24.